The monoisotopic (exact) mass is 270 g/mol. The Morgan fingerprint density at radius 3 is 2.67 bits per heavy atom. The number of carbonyl (C=O) groups excluding carboxylic acids is 1. The summed E-state index contributed by atoms with van der Waals surface area (Å²) >= 11 is 0. The third kappa shape index (κ3) is 2.81. The van der Waals surface area contributed by atoms with Crippen LogP contribution in [0.1, 0.15) is 16.8 Å². The van der Waals surface area contributed by atoms with Gasteiger partial charge in [-0.1, -0.05) is 12.1 Å². The number of para-hydroxylation sites is 1. The van der Waals surface area contributed by atoms with Gasteiger partial charge in [0.05, 0.1) is 18.6 Å². The Bertz CT molecular complexity index is 549. The quantitative estimate of drug-likeness (QED) is 0.767. The van der Waals surface area contributed by atoms with E-state index in [1.54, 1.807) is 24.3 Å². The van der Waals surface area contributed by atoms with Crippen LogP contribution in [0.3, 0.4) is 0 Å². The van der Waals surface area contributed by atoms with Crippen LogP contribution in [0, 0.1) is 0 Å². The van der Waals surface area contributed by atoms with E-state index >= 15 is 0 Å². The molecule has 18 heavy (non-hydrogen) atoms. The average Bonchev–Trinajstić information content (AvgIpc) is 2.68. The first-order valence-electron chi connectivity index (χ1n) is 5.56. The molecule has 98 valence electrons. The second-order valence-electron chi connectivity index (χ2n) is 4.13. The van der Waals surface area contributed by atoms with Crippen LogP contribution in [-0.4, -0.2) is 39.1 Å². The van der Waals surface area contributed by atoms with E-state index in [1.165, 1.54) is 7.11 Å². The lowest BCUT2D eigenvalue weighted by Gasteiger charge is -2.14. The molecule has 2 rings (SSSR count). The van der Waals surface area contributed by atoms with Gasteiger partial charge in [0.25, 0.3) is 0 Å². The zero-order chi connectivity index (χ0) is 13.2. The van der Waals surface area contributed by atoms with Gasteiger partial charge in [-0.05, 0) is 18.6 Å². The first-order valence-corrected chi connectivity index (χ1v) is 7.38. The summed E-state index contributed by atoms with van der Waals surface area (Å²) in [6.45, 7) is 0. The number of sulfone groups is 1. The predicted octanol–water partition coefficient (Wildman–Crippen LogP) is 1.04. The van der Waals surface area contributed by atoms with Gasteiger partial charge in [0, 0.05) is 0 Å². The Hall–Kier alpha value is -1.56. The number of esters is 1. The smallest absolute Gasteiger partial charge is 0.341 e. The highest BCUT2D eigenvalue weighted by atomic mass is 32.2. The predicted molar refractivity (Wildman–Crippen MR) is 65.5 cm³/mol. The van der Waals surface area contributed by atoms with Crippen molar-refractivity contribution in [2.75, 3.05) is 18.6 Å². The Kier molecular flexibility index (Phi) is 3.56. The van der Waals surface area contributed by atoms with Crippen molar-refractivity contribution < 1.29 is 22.7 Å². The Labute approximate surface area is 106 Å². The van der Waals surface area contributed by atoms with Gasteiger partial charge in [-0.15, -0.1) is 0 Å². The summed E-state index contributed by atoms with van der Waals surface area (Å²) in [7, 11) is -1.70. The summed E-state index contributed by atoms with van der Waals surface area (Å²) < 4.78 is 32.9. The van der Waals surface area contributed by atoms with Crippen molar-refractivity contribution in [2.45, 2.75) is 12.5 Å². The fourth-order valence-corrected chi connectivity index (χ4v) is 3.47. The number of carbonyl (C=O) groups is 1. The minimum absolute atomic E-state index is 0.00249. The average molecular weight is 270 g/mol. The van der Waals surface area contributed by atoms with Crippen LogP contribution in [0.2, 0.25) is 0 Å². The molecule has 0 amide bonds. The summed E-state index contributed by atoms with van der Waals surface area (Å²) in [5.74, 6) is 0.0125. The van der Waals surface area contributed by atoms with Gasteiger partial charge in [0.1, 0.15) is 17.4 Å². The molecule has 1 saturated heterocycles. The molecule has 1 atom stereocenters. The fraction of sp³-hybridized carbons (Fsp3) is 0.417. The molecule has 0 saturated carbocycles. The molecule has 1 fully saturated rings. The van der Waals surface area contributed by atoms with Crippen LogP contribution in [0.25, 0.3) is 0 Å². The Morgan fingerprint density at radius 2 is 2.06 bits per heavy atom. The molecule has 0 aromatic heterocycles. The van der Waals surface area contributed by atoms with Crippen molar-refractivity contribution in [1.29, 1.82) is 0 Å². The first kappa shape index (κ1) is 12.9. The molecule has 1 heterocycles. The highest BCUT2D eigenvalue weighted by Crippen LogP contribution is 2.24. The number of methoxy groups -OCH3 is 1. The molecule has 5 nitrogen and oxygen atoms in total. The molecule has 6 heteroatoms. The van der Waals surface area contributed by atoms with E-state index < -0.39 is 15.8 Å². The first-order chi connectivity index (χ1) is 8.52. The van der Waals surface area contributed by atoms with E-state index in [9.17, 15) is 13.2 Å². The molecule has 1 aliphatic heterocycles. The molecule has 0 aliphatic carbocycles. The maximum absolute atomic E-state index is 11.5. The largest absolute Gasteiger partial charge is 0.488 e. The molecule has 0 radical (unpaired) electrons. The molecule has 1 unspecified atom stereocenters. The second-order valence-corrected chi connectivity index (χ2v) is 6.36. The lowest BCUT2D eigenvalue weighted by molar-refractivity contribution is 0.0594. The standard InChI is InChI=1S/C12H14O5S/c1-16-12(13)10-4-2-3-5-11(10)17-9-6-7-18(14,15)8-9/h2-5,9H,6-8H2,1H3. The molecule has 1 aromatic carbocycles. The van der Waals surface area contributed by atoms with E-state index in [4.69, 9.17) is 4.74 Å². The SMILES string of the molecule is COC(=O)c1ccccc1OC1CCS(=O)(=O)C1. The van der Waals surface area contributed by atoms with Crippen LogP contribution in [0.15, 0.2) is 24.3 Å². The molecule has 0 bridgehead atoms. The van der Waals surface area contributed by atoms with E-state index in [0.29, 0.717) is 17.7 Å². The maximum Gasteiger partial charge on any atom is 0.341 e. The number of ether oxygens (including phenoxy) is 2. The molecular weight excluding hydrogens is 256 g/mol. The van der Waals surface area contributed by atoms with Crippen molar-refractivity contribution in [3.05, 3.63) is 29.8 Å². The number of benzene rings is 1. The summed E-state index contributed by atoms with van der Waals surface area (Å²) in [5.41, 5.74) is 0.310. The highest BCUT2D eigenvalue weighted by molar-refractivity contribution is 7.91. The van der Waals surface area contributed by atoms with Gasteiger partial charge in [-0.3, -0.25) is 0 Å². The molecule has 0 spiro atoms. The fourth-order valence-electron chi connectivity index (χ4n) is 1.88. The molecule has 1 aliphatic rings. The minimum atomic E-state index is -3.00. The zero-order valence-corrected chi connectivity index (χ0v) is 10.8. The van der Waals surface area contributed by atoms with Crippen molar-refractivity contribution in [3.8, 4) is 5.75 Å². The number of rotatable bonds is 3. The maximum atomic E-state index is 11.5. The van der Waals surface area contributed by atoms with Gasteiger partial charge in [0.15, 0.2) is 9.84 Å². The molecule has 1 aromatic rings. The Morgan fingerprint density at radius 1 is 1.33 bits per heavy atom. The van der Waals surface area contributed by atoms with Crippen molar-refractivity contribution in [2.24, 2.45) is 0 Å². The lowest BCUT2D eigenvalue weighted by Crippen LogP contribution is -2.19. The van der Waals surface area contributed by atoms with Crippen LogP contribution < -0.4 is 4.74 Å². The summed E-state index contributed by atoms with van der Waals surface area (Å²) in [4.78, 5) is 11.5. The van der Waals surface area contributed by atoms with E-state index in [-0.39, 0.29) is 17.6 Å². The Balaban J connectivity index is 2.17. The van der Waals surface area contributed by atoms with Crippen LogP contribution >= 0.6 is 0 Å². The van der Waals surface area contributed by atoms with Crippen LogP contribution in [0.5, 0.6) is 5.75 Å². The van der Waals surface area contributed by atoms with E-state index in [1.807, 2.05) is 0 Å². The van der Waals surface area contributed by atoms with Gasteiger partial charge >= 0.3 is 5.97 Å². The topological polar surface area (TPSA) is 69.7 Å². The summed E-state index contributed by atoms with van der Waals surface area (Å²) in [6.07, 6.45) is 0.0680. The second kappa shape index (κ2) is 4.97. The van der Waals surface area contributed by atoms with Crippen molar-refractivity contribution in [1.82, 2.24) is 0 Å². The van der Waals surface area contributed by atoms with Gasteiger partial charge in [-0.2, -0.15) is 0 Å². The van der Waals surface area contributed by atoms with Gasteiger partial charge in [-0.25, -0.2) is 13.2 Å². The number of hydrogen-bond donors (Lipinski definition) is 0. The highest BCUT2D eigenvalue weighted by Gasteiger charge is 2.30. The van der Waals surface area contributed by atoms with Gasteiger partial charge < -0.3 is 9.47 Å². The third-order valence-corrected chi connectivity index (χ3v) is 4.51. The van der Waals surface area contributed by atoms with E-state index in [2.05, 4.69) is 4.74 Å². The normalized spacial score (nSPS) is 21.5. The zero-order valence-electron chi connectivity index (χ0n) is 9.96. The van der Waals surface area contributed by atoms with Crippen molar-refractivity contribution in [3.63, 3.8) is 0 Å². The van der Waals surface area contributed by atoms with E-state index in [0.717, 1.165) is 0 Å². The minimum Gasteiger partial charge on any atom is -0.488 e. The van der Waals surface area contributed by atoms with Gasteiger partial charge in [0.2, 0.25) is 0 Å². The molecular formula is C12H14O5S. The summed E-state index contributed by atoms with van der Waals surface area (Å²) in [6, 6.07) is 6.65. The lowest BCUT2D eigenvalue weighted by atomic mass is 10.2. The van der Waals surface area contributed by atoms with Crippen molar-refractivity contribution >= 4 is 15.8 Å². The van der Waals surface area contributed by atoms with Crippen LogP contribution in [-0.2, 0) is 14.6 Å². The molecule has 0 N–H and O–H groups in total. The van der Waals surface area contributed by atoms with Crippen LogP contribution in [0.4, 0.5) is 0 Å². The number of hydrogen-bond acceptors (Lipinski definition) is 5. The summed E-state index contributed by atoms with van der Waals surface area (Å²) in [5, 5.41) is 0. The third-order valence-electron chi connectivity index (χ3n) is 2.78.